The molecule has 0 heterocycles. The summed E-state index contributed by atoms with van der Waals surface area (Å²) in [5.41, 5.74) is 0.310. The van der Waals surface area contributed by atoms with Crippen molar-refractivity contribution in [3.8, 4) is 0 Å². The zero-order valence-electron chi connectivity index (χ0n) is 12.9. The minimum absolute atomic E-state index is 0.310. The van der Waals surface area contributed by atoms with E-state index in [0.717, 1.165) is 19.4 Å². The summed E-state index contributed by atoms with van der Waals surface area (Å²) in [6.45, 7) is 7.96. The highest BCUT2D eigenvalue weighted by molar-refractivity contribution is 7.86. The lowest BCUT2D eigenvalue weighted by molar-refractivity contribution is 0.286. The monoisotopic (exact) mass is 285 g/mol. The highest BCUT2D eigenvalue weighted by Crippen LogP contribution is 2.41. The van der Waals surface area contributed by atoms with Crippen LogP contribution in [0.15, 0.2) is 0 Å². The van der Waals surface area contributed by atoms with Crippen LogP contribution in [0, 0.1) is 5.41 Å². The Morgan fingerprint density at radius 2 is 1.84 bits per heavy atom. The summed E-state index contributed by atoms with van der Waals surface area (Å²) in [4.78, 5) is 0. The van der Waals surface area contributed by atoms with Crippen molar-refractivity contribution in [3.63, 3.8) is 0 Å². The van der Waals surface area contributed by atoms with Crippen LogP contribution in [-0.2, 0) is 10.8 Å². The Kier molecular flexibility index (Phi) is 5.47. The molecule has 1 N–H and O–H groups in total. The molecule has 19 heavy (non-hydrogen) atoms. The van der Waals surface area contributed by atoms with E-state index in [1.165, 1.54) is 38.5 Å². The molecule has 3 heteroatoms. The molecule has 112 valence electrons. The molecule has 2 aliphatic carbocycles. The lowest BCUT2D eigenvalue weighted by atomic mass is 9.87. The highest BCUT2D eigenvalue weighted by atomic mass is 32.2. The molecule has 3 atom stereocenters. The van der Waals surface area contributed by atoms with E-state index in [-0.39, 0.29) is 0 Å². The molecular formula is C16H31NOS. The van der Waals surface area contributed by atoms with Crippen LogP contribution in [-0.4, -0.2) is 27.3 Å². The first-order chi connectivity index (χ1) is 9.06. The minimum Gasteiger partial charge on any atom is -0.312 e. The van der Waals surface area contributed by atoms with Crippen molar-refractivity contribution in [1.29, 1.82) is 0 Å². The molecular weight excluding hydrogens is 254 g/mol. The average Bonchev–Trinajstić information content (AvgIpc) is 2.72. The first-order valence-corrected chi connectivity index (χ1v) is 9.46. The summed E-state index contributed by atoms with van der Waals surface area (Å²) >= 11 is 0. The fourth-order valence-corrected chi connectivity index (χ4v) is 6.22. The third-order valence-corrected chi connectivity index (χ3v) is 7.31. The van der Waals surface area contributed by atoms with Gasteiger partial charge in [0.05, 0.1) is 5.25 Å². The Morgan fingerprint density at radius 3 is 2.47 bits per heavy atom. The van der Waals surface area contributed by atoms with E-state index in [0.29, 0.717) is 22.0 Å². The van der Waals surface area contributed by atoms with Crippen molar-refractivity contribution in [2.45, 2.75) is 88.7 Å². The summed E-state index contributed by atoms with van der Waals surface area (Å²) in [5.74, 6) is 0. The second-order valence-corrected chi connectivity index (χ2v) is 9.02. The van der Waals surface area contributed by atoms with Crippen molar-refractivity contribution in [3.05, 3.63) is 0 Å². The molecule has 0 aliphatic heterocycles. The maximum Gasteiger partial charge on any atom is 0.0509 e. The van der Waals surface area contributed by atoms with Gasteiger partial charge >= 0.3 is 0 Å². The molecule has 2 rings (SSSR count). The molecule has 2 saturated carbocycles. The maximum atomic E-state index is 12.9. The van der Waals surface area contributed by atoms with Gasteiger partial charge in [0.2, 0.25) is 0 Å². The average molecular weight is 285 g/mol. The first kappa shape index (κ1) is 15.5. The van der Waals surface area contributed by atoms with Crippen molar-refractivity contribution in [2.24, 2.45) is 5.41 Å². The molecule has 0 radical (unpaired) electrons. The summed E-state index contributed by atoms with van der Waals surface area (Å²) in [6, 6.07) is 0.454. The summed E-state index contributed by atoms with van der Waals surface area (Å²) in [6.07, 6.45) is 9.86. The zero-order chi connectivity index (χ0) is 13.9. The molecule has 2 nitrogen and oxygen atoms in total. The first-order valence-electron chi connectivity index (χ1n) is 8.19. The van der Waals surface area contributed by atoms with Crippen LogP contribution < -0.4 is 5.32 Å². The van der Waals surface area contributed by atoms with E-state index >= 15 is 0 Å². The Bertz CT molecular complexity index is 310. The highest BCUT2D eigenvalue weighted by Gasteiger charge is 2.45. The van der Waals surface area contributed by atoms with Gasteiger partial charge in [-0.2, -0.15) is 0 Å². The Hall–Kier alpha value is 0.110. The third kappa shape index (κ3) is 3.60. The Morgan fingerprint density at radius 1 is 1.16 bits per heavy atom. The summed E-state index contributed by atoms with van der Waals surface area (Å²) < 4.78 is 12.9. The third-order valence-electron chi connectivity index (χ3n) is 5.08. The van der Waals surface area contributed by atoms with Crippen LogP contribution in [0.2, 0.25) is 0 Å². The molecule has 2 fully saturated rings. The van der Waals surface area contributed by atoms with E-state index in [1.807, 2.05) is 0 Å². The summed E-state index contributed by atoms with van der Waals surface area (Å²) in [5, 5.41) is 4.58. The van der Waals surface area contributed by atoms with Crippen molar-refractivity contribution in [2.75, 3.05) is 6.54 Å². The second kappa shape index (κ2) is 6.71. The van der Waals surface area contributed by atoms with Gasteiger partial charge in [-0.3, -0.25) is 4.21 Å². The summed E-state index contributed by atoms with van der Waals surface area (Å²) in [7, 11) is -0.624. The lowest BCUT2D eigenvalue weighted by Crippen LogP contribution is -2.48. The number of nitrogens with one attached hydrogen (secondary N) is 1. The van der Waals surface area contributed by atoms with Crippen LogP contribution in [0.5, 0.6) is 0 Å². The maximum absolute atomic E-state index is 12.9. The topological polar surface area (TPSA) is 29.1 Å². The molecule has 0 saturated heterocycles. The predicted molar refractivity (Wildman–Crippen MR) is 83.9 cm³/mol. The van der Waals surface area contributed by atoms with Gasteiger partial charge in [-0.1, -0.05) is 40.0 Å². The molecule has 0 amide bonds. The second-order valence-electron chi connectivity index (χ2n) is 7.09. The smallest absolute Gasteiger partial charge is 0.0509 e. The van der Waals surface area contributed by atoms with Crippen LogP contribution >= 0.6 is 0 Å². The zero-order valence-corrected chi connectivity index (χ0v) is 13.7. The largest absolute Gasteiger partial charge is 0.312 e. The molecule has 0 aromatic carbocycles. The van der Waals surface area contributed by atoms with Gasteiger partial charge in [0, 0.05) is 22.1 Å². The van der Waals surface area contributed by atoms with E-state index in [4.69, 9.17) is 0 Å². The van der Waals surface area contributed by atoms with Crippen LogP contribution in [0.3, 0.4) is 0 Å². The molecule has 0 aromatic heterocycles. The number of hydrogen-bond donors (Lipinski definition) is 1. The Balaban J connectivity index is 2.02. The minimum atomic E-state index is -0.624. The van der Waals surface area contributed by atoms with Gasteiger partial charge in [0.25, 0.3) is 0 Å². The fraction of sp³-hybridized carbons (Fsp3) is 1.00. The van der Waals surface area contributed by atoms with Crippen molar-refractivity contribution in [1.82, 2.24) is 5.32 Å². The predicted octanol–water partition coefficient (Wildman–Crippen LogP) is 3.62. The molecule has 3 unspecified atom stereocenters. The van der Waals surface area contributed by atoms with E-state index in [2.05, 4.69) is 26.1 Å². The number of hydrogen-bond acceptors (Lipinski definition) is 2. The normalized spacial score (nSPS) is 33.4. The van der Waals surface area contributed by atoms with Gasteiger partial charge in [0.15, 0.2) is 0 Å². The van der Waals surface area contributed by atoms with Gasteiger partial charge in [-0.25, -0.2) is 0 Å². The van der Waals surface area contributed by atoms with Crippen LogP contribution in [0.1, 0.15) is 72.1 Å². The van der Waals surface area contributed by atoms with Gasteiger partial charge in [0.1, 0.15) is 0 Å². The SMILES string of the molecule is CCCNC1C(S(=O)C2CCCCC2)CCC1(C)C. The van der Waals surface area contributed by atoms with Crippen molar-refractivity contribution < 1.29 is 4.21 Å². The van der Waals surface area contributed by atoms with Crippen LogP contribution in [0.25, 0.3) is 0 Å². The lowest BCUT2D eigenvalue weighted by Gasteiger charge is -2.33. The van der Waals surface area contributed by atoms with Crippen LogP contribution in [0.4, 0.5) is 0 Å². The molecule has 0 spiro atoms. The standard InChI is InChI=1S/C16H31NOS/c1-4-12-17-15-14(10-11-16(15,2)3)19(18)13-8-6-5-7-9-13/h13-15,17H,4-12H2,1-3H3. The Labute approximate surface area is 121 Å². The number of rotatable bonds is 5. The fourth-order valence-electron chi connectivity index (χ4n) is 3.84. The van der Waals surface area contributed by atoms with Crippen molar-refractivity contribution >= 4 is 10.8 Å². The van der Waals surface area contributed by atoms with E-state index in [1.54, 1.807) is 0 Å². The van der Waals surface area contributed by atoms with E-state index < -0.39 is 10.8 Å². The molecule has 0 bridgehead atoms. The quantitative estimate of drug-likeness (QED) is 0.836. The molecule has 2 aliphatic rings. The van der Waals surface area contributed by atoms with E-state index in [9.17, 15) is 4.21 Å². The molecule has 0 aromatic rings. The van der Waals surface area contributed by atoms with Gasteiger partial charge in [-0.15, -0.1) is 0 Å². The van der Waals surface area contributed by atoms with Gasteiger partial charge < -0.3 is 5.32 Å². The van der Waals surface area contributed by atoms with Gasteiger partial charge in [-0.05, 0) is 44.1 Å².